The molecule has 3 heterocycles. The van der Waals surface area contributed by atoms with Crippen LogP contribution in [-0.2, 0) is 19.1 Å². The molecule has 4 aliphatic rings. The van der Waals surface area contributed by atoms with Crippen LogP contribution >= 0.6 is 0 Å². The lowest BCUT2D eigenvalue weighted by Gasteiger charge is -2.39. The molecule has 2 saturated heterocycles. The molecule has 0 radical (unpaired) electrons. The number of ether oxygens (including phenoxy) is 2. The minimum absolute atomic E-state index is 0.0586. The topological polar surface area (TPSA) is 208 Å². The van der Waals surface area contributed by atoms with Crippen molar-refractivity contribution in [3.05, 3.63) is 22.5 Å². The predicted molar refractivity (Wildman–Crippen MR) is 100 cm³/mol. The van der Waals surface area contributed by atoms with E-state index in [1.165, 1.54) is 14.0 Å². The summed E-state index contributed by atoms with van der Waals surface area (Å²) in [5.74, 6) is -1.34. The van der Waals surface area contributed by atoms with Crippen molar-refractivity contribution in [3.63, 3.8) is 0 Å². The van der Waals surface area contributed by atoms with Gasteiger partial charge in [-0.05, 0) is 6.92 Å². The zero-order valence-electron chi connectivity index (χ0n) is 16.6. The standard InChI is InChI=1S/C15H18N4O5.C3H8O3/c1-5-9(16)12(21)8-6(4-24-14(17)22)15(23-2)13-7(18-13)3-19(15)10(8)11(5)20;4-1-3(6)2-5/h6-7,13,18H,3-4,16H2,1-2H3,(H2,17,22);3-6H,1-2H2/t6-,7+,13+,15-;/m1./s1. The van der Waals surface area contributed by atoms with Crippen molar-refractivity contribution >= 4 is 17.7 Å². The van der Waals surface area contributed by atoms with Gasteiger partial charge in [-0.15, -0.1) is 0 Å². The summed E-state index contributed by atoms with van der Waals surface area (Å²) in [4.78, 5) is 38.4. The third-order valence-electron chi connectivity index (χ3n) is 5.90. The van der Waals surface area contributed by atoms with Crippen molar-refractivity contribution in [2.75, 3.05) is 33.5 Å². The van der Waals surface area contributed by atoms with Crippen LogP contribution in [0.5, 0.6) is 0 Å². The largest absolute Gasteiger partial charge is 0.449 e. The Morgan fingerprint density at radius 2 is 1.97 bits per heavy atom. The number of hydrogen-bond donors (Lipinski definition) is 6. The van der Waals surface area contributed by atoms with E-state index < -0.39 is 29.6 Å². The number of rotatable bonds is 5. The lowest BCUT2D eigenvalue weighted by atomic mass is 9.82. The summed E-state index contributed by atoms with van der Waals surface area (Å²) in [5.41, 5.74) is 10.7. The molecular weight excluding hydrogens is 400 g/mol. The fourth-order valence-electron chi connectivity index (χ4n) is 4.37. The number of amides is 1. The summed E-state index contributed by atoms with van der Waals surface area (Å²) in [6.45, 7) is 1.19. The first-order valence-corrected chi connectivity index (χ1v) is 9.36. The van der Waals surface area contributed by atoms with Crippen molar-refractivity contribution in [2.24, 2.45) is 17.4 Å². The number of allylic oxidation sites excluding steroid dienone is 2. The van der Waals surface area contributed by atoms with E-state index in [1.54, 1.807) is 0 Å². The SMILES string of the molecule is CO[C@@]12[C@H](COC(N)=O)C3=C(C(=O)C(C)=C(N)C3=O)N1C[C@@H]1N[C@@H]12.OCC(O)CO. The molecule has 3 aliphatic heterocycles. The summed E-state index contributed by atoms with van der Waals surface area (Å²) in [6.07, 6.45) is -1.90. The van der Waals surface area contributed by atoms with Crippen LogP contribution in [0.4, 0.5) is 4.79 Å². The fourth-order valence-corrected chi connectivity index (χ4v) is 4.37. The Labute approximate surface area is 172 Å². The Bertz CT molecular complexity index is 836. The van der Waals surface area contributed by atoms with Gasteiger partial charge in [0.25, 0.3) is 0 Å². The molecule has 8 N–H and O–H groups in total. The van der Waals surface area contributed by atoms with Crippen LogP contribution in [0.2, 0.25) is 0 Å². The van der Waals surface area contributed by atoms with Crippen molar-refractivity contribution in [3.8, 4) is 0 Å². The number of carbonyl (C=O) groups is 3. The fraction of sp³-hybridized carbons (Fsp3) is 0.611. The van der Waals surface area contributed by atoms with Gasteiger partial charge in [0.05, 0.1) is 36.6 Å². The lowest BCUT2D eigenvalue weighted by molar-refractivity contribution is -0.137. The molecule has 12 nitrogen and oxygen atoms in total. The molecule has 0 aromatic rings. The second-order valence-electron chi connectivity index (χ2n) is 7.48. The smallest absolute Gasteiger partial charge is 0.404 e. The molecule has 30 heavy (non-hydrogen) atoms. The lowest BCUT2D eigenvalue weighted by Crippen LogP contribution is -2.55. The predicted octanol–water partition coefficient (Wildman–Crippen LogP) is -3.32. The van der Waals surface area contributed by atoms with E-state index in [0.717, 1.165) is 0 Å². The number of piperazine rings is 1. The van der Waals surface area contributed by atoms with Crippen LogP contribution < -0.4 is 16.8 Å². The van der Waals surface area contributed by atoms with Gasteiger partial charge in [-0.1, -0.05) is 0 Å². The molecular formula is C18H26N4O8. The molecule has 166 valence electrons. The molecule has 0 bridgehead atoms. The number of nitrogens with two attached hydrogens (primary N) is 2. The molecule has 1 amide bonds. The quantitative estimate of drug-likeness (QED) is 0.189. The number of aliphatic hydroxyl groups excluding tert-OH is 3. The average Bonchev–Trinajstić information content (AvgIpc) is 3.35. The third-order valence-corrected chi connectivity index (χ3v) is 5.90. The van der Waals surface area contributed by atoms with E-state index in [9.17, 15) is 14.4 Å². The molecule has 4 atom stereocenters. The monoisotopic (exact) mass is 426 g/mol. The number of fused-ring (bicyclic) bond motifs is 4. The maximum Gasteiger partial charge on any atom is 0.404 e. The van der Waals surface area contributed by atoms with Crippen LogP contribution in [0.3, 0.4) is 0 Å². The summed E-state index contributed by atoms with van der Waals surface area (Å²) in [6, 6.07) is 0.109. The van der Waals surface area contributed by atoms with E-state index in [2.05, 4.69) is 5.32 Å². The van der Waals surface area contributed by atoms with Gasteiger partial charge in [0, 0.05) is 30.8 Å². The van der Waals surface area contributed by atoms with Gasteiger partial charge in [0.1, 0.15) is 12.7 Å². The highest BCUT2D eigenvalue weighted by molar-refractivity contribution is 6.25. The van der Waals surface area contributed by atoms with Crippen LogP contribution in [0.25, 0.3) is 0 Å². The van der Waals surface area contributed by atoms with E-state index in [0.29, 0.717) is 12.2 Å². The van der Waals surface area contributed by atoms with Crippen molar-refractivity contribution in [2.45, 2.75) is 30.8 Å². The molecule has 4 rings (SSSR count). The molecule has 2 fully saturated rings. The zero-order valence-corrected chi connectivity index (χ0v) is 16.6. The molecule has 0 spiro atoms. The second-order valence-corrected chi connectivity index (χ2v) is 7.48. The second kappa shape index (κ2) is 7.96. The van der Waals surface area contributed by atoms with E-state index in [-0.39, 0.29) is 54.5 Å². The van der Waals surface area contributed by atoms with Gasteiger partial charge < -0.3 is 46.5 Å². The Morgan fingerprint density at radius 1 is 1.33 bits per heavy atom. The number of hydrogen-bond acceptors (Lipinski definition) is 11. The van der Waals surface area contributed by atoms with Gasteiger partial charge in [-0.2, -0.15) is 0 Å². The first kappa shape index (κ1) is 22.2. The summed E-state index contributed by atoms with van der Waals surface area (Å²) in [7, 11) is 1.52. The number of ketones is 2. The summed E-state index contributed by atoms with van der Waals surface area (Å²) >= 11 is 0. The van der Waals surface area contributed by atoms with Crippen molar-refractivity contribution < 1.29 is 39.2 Å². The van der Waals surface area contributed by atoms with Crippen molar-refractivity contribution in [1.82, 2.24) is 10.2 Å². The highest BCUT2D eigenvalue weighted by Gasteiger charge is 2.72. The number of aliphatic hydroxyl groups is 3. The first-order valence-electron chi connectivity index (χ1n) is 9.36. The number of Topliss-reactive ketones (excluding diaryl/α,β-unsaturated/α-hetero) is 2. The maximum atomic E-state index is 12.8. The molecule has 1 aliphatic carbocycles. The number of nitrogens with zero attached hydrogens (tertiary/aromatic N) is 1. The van der Waals surface area contributed by atoms with E-state index in [1.807, 2.05) is 4.90 Å². The van der Waals surface area contributed by atoms with E-state index >= 15 is 0 Å². The minimum Gasteiger partial charge on any atom is -0.449 e. The Balaban J connectivity index is 0.000000377. The molecule has 0 unspecified atom stereocenters. The number of methoxy groups -OCH3 is 1. The third kappa shape index (κ3) is 3.17. The van der Waals surface area contributed by atoms with Gasteiger partial charge in [-0.25, -0.2) is 4.79 Å². The van der Waals surface area contributed by atoms with Gasteiger partial charge in [0.2, 0.25) is 11.6 Å². The van der Waals surface area contributed by atoms with Gasteiger partial charge in [-0.3, -0.25) is 9.59 Å². The van der Waals surface area contributed by atoms with Crippen molar-refractivity contribution in [1.29, 1.82) is 0 Å². The number of nitrogens with one attached hydrogen (secondary N) is 1. The Hall–Kier alpha value is -2.51. The average molecular weight is 426 g/mol. The molecule has 0 aromatic carbocycles. The van der Waals surface area contributed by atoms with Crippen LogP contribution in [-0.4, -0.2) is 95.3 Å². The Kier molecular flexibility index (Phi) is 5.89. The highest BCUT2D eigenvalue weighted by Crippen LogP contribution is 2.55. The zero-order chi connectivity index (χ0) is 22.4. The number of primary amides is 1. The molecule has 0 saturated carbocycles. The summed E-state index contributed by atoms with van der Waals surface area (Å²) < 4.78 is 10.8. The summed E-state index contributed by atoms with van der Waals surface area (Å²) in [5, 5.41) is 27.3. The number of carbonyl (C=O) groups excluding carboxylic acids is 3. The molecule has 0 aromatic heterocycles. The van der Waals surface area contributed by atoms with Crippen LogP contribution in [0.15, 0.2) is 22.5 Å². The first-order chi connectivity index (χ1) is 14.1. The van der Waals surface area contributed by atoms with Gasteiger partial charge >= 0.3 is 6.09 Å². The Morgan fingerprint density at radius 3 is 2.47 bits per heavy atom. The molecule has 12 heteroatoms. The van der Waals surface area contributed by atoms with E-state index in [4.69, 9.17) is 36.3 Å². The van der Waals surface area contributed by atoms with Crippen LogP contribution in [0.1, 0.15) is 6.92 Å². The minimum atomic E-state index is -0.957. The normalized spacial score (nSPS) is 31.4. The van der Waals surface area contributed by atoms with Crippen LogP contribution in [0, 0.1) is 5.92 Å². The maximum absolute atomic E-state index is 12.8. The highest BCUT2D eigenvalue weighted by atomic mass is 16.6. The van der Waals surface area contributed by atoms with Gasteiger partial charge in [0.15, 0.2) is 5.72 Å².